The maximum Gasteiger partial charge on any atom is 0.298 e. The van der Waals surface area contributed by atoms with Crippen molar-refractivity contribution >= 4 is 10.1 Å². The van der Waals surface area contributed by atoms with Crippen molar-refractivity contribution < 1.29 is 18.1 Å². The summed E-state index contributed by atoms with van der Waals surface area (Å²) < 4.78 is 32.8. The summed E-state index contributed by atoms with van der Waals surface area (Å²) in [5.74, 6) is -0.434. The van der Waals surface area contributed by atoms with Gasteiger partial charge in [0.25, 0.3) is 10.1 Å². The molecule has 2 rings (SSSR count). The first-order valence-electron chi connectivity index (χ1n) is 6.83. The van der Waals surface area contributed by atoms with E-state index < -0.39 is 20.8 Å². The van der Waals surface area contributed by atoms with Crippen LogP contribution >= 0.6 is 0 Å². The van der Waals surface area contributed by atoms with E-state index in [9.17, 15) is 18.1 Å². The normalized spacial score (nSPS) is 11.5. The van der Waals surface area contributed by atoms with Gasteiger partial charge in [-0.05, 0) is 30.0 Å². The minimum absolute atomic E-state index is 0.381. The summed E-state index contributed by atoms with van der Waals surface area (Å²) in [5, 5.41) is 9.90. The van der Waals surface area contributed by atoms with Crippen molar-refractivity contribution in [3.8, 4) is 16.9 Å². The summed E-state index contributed by atoms with van der Waals surface area (Å²) >= 11 is 0. The van der Waals surface area contributed by atoms with Gasteiger partial charge in [-0.3, -0.25) is 4.55 Å². The van der Waals surface area contributed by atoms with Gasteiger partial charge < -0.3 is 5.11 Å². The van der Waals surface area contributed by atoms with Gasteiger partial charge in [-0.15, -0.1) is 0 Å². The Bertz CT molecular complexity index is 721. The second kappa shape index (κ2) is 6.28. The van der Waals surface area contributed by atoms with Crippen LogP contribution in [0.4, 0.5) is 0 Å². The molecule has 2 aromatic carbocycles. The number of phenols is 1. The molecule has 0 saturated heterocycles. The summed E-state index contributed by atoms with van der Waals surface area (Å²) in [6, 6.07) is 12.0. The number of aryl methyl sites for hydroxylation is 1. The van der Waals surface area contributed by atoms with E-state index in [0.29, 0.717) is 17.5 Å². The van der Waals surface area contributed by atoms with E-state index in [1.165, 1.54) is 6.07 Å². The third-order valence-electron chi connectivity index (χ3n) is 3.34. The topological polar surface area (TPSA) is 74.6 Å². The highest BCUT2D eigenvalue weighted by Crippen LogP contribution is 2.37. The zero-order valence-corrected chi connectivity index (χ0v) is 12.6. The van der Waals surface area contributed by atoms with Crippen molar-refractivity contribution in [1.82, 2.24) is 0 Å². The van der Waals surface area contributed by atoms with Gasteiger partial charge in [0.15, 0.2) is 0 Å². The summed E-state index contributed by atoms with van der Waals surface area (Å²) in [7, 11) is -4.51. The highest BCUT2D eigenvalue weighted by Gasteiger charge is 2.24. The molecule has 112 valence electrons. The number of hydrogen-bond donors (Lipinski definition) is 2. The van der Waals surface area contributed by atoms with E-state index >= 15 is 0 Å². The van der Waals surface area contributed by atoms with Gasteiger partial charge in [0.1, 0.15) is 10.6 Å². The quantitative estimate of drug-likeness (QED) is 0.827. The molecule has 0 aliphatic rings. The van der Waals surface area contributed by atoms with Gasteiger partial charge in [0.05, 0.1) is 0 Å². The zero-order valence-electron chi connectivity index (χ0n) is 11.8. The molecule has 0 aliphatic carbocycles. The Kier molecular flexibility index (Phi) is 4.65. The second-order valence-electron chi connectivity index (χ2n) is 4.89. The van der Waals surface area contributed by atoms with Crippen LogP contribution in [0.15, 0.2) is 47.4 Å². The Balaban J connectivity index is 2.75. The maximum absolute atomic E-state index is 11.7. The van der Waals surface area contributed by atoms with Crippen molar-refractivity contribution in [2.45, 2.75) is 31.1 Å². The van der Waals surface area contributed by atoms with E-state index in [1.54, 1.807) is 30.3 Å². The Labute approximate surface area is 124 Å². The number of benzene rings is 2. The molecular weight excluding hydrogens is 288 g/mol. The molecule has 0 radical (unpaired) electrons. The van der Waals surface area contributed by atoms with Gasteiger partial charge in [0, 0.05) is 5.56 Å². The fraction of sp³-hybridized carbons (Fsp3) is 0.250. The Morgan fingerprint density at radius 2 is 1.71 bits per heavy atom. The number of aromatic hydroxyl groups is 1. The van der Waals surface area contributed by atoms with Gasteiger partial charge in [0.2, 0.25) is 0 Å². The van der Waals surface area contributed by atoms with Crippen LogP contribution < -0.4 is 0 Å². The van der Waals surface area contributed by atoms with Crippen LogP contribution in [-0.4, -0.2) is 18.1 Å². The summed E-state index contributed by atoms with van der Waals surface area (Å²) in [6.07, 6.45) is 2.55. The van der Waals surface area contributed by atoms with E-state index in [-0.39, 0.29) is 0 Å². The summed E-state index contributed by atoms with van der Waals surface area (Å²) in [6.45, 7) is 2.05. The van der Waals surface area contributed by atoms with Crippen LogP contribution in [0.5, 0.6) is 5.75 Å². The van der Waals surface area contributed by atoms with Crippen LogP contribution in [0, 0.1) is 0 Å². The average Bonchev–Trinajstić information content (AvgIpc) is 2.45. The highest BCUT2D eigenvalue weighted by molar-refractivity contribution is 7.86. The molecule has 0 saturated carbocycles. The van der Waals surface area contributed by atoms with Crippen molar-refractivity contribution in [3.63, 3.8) is 0 Å². The maximum atomic E-state index is 11.7. The van der Waals surface area contributed by atoms with Gasteiger partial charge in [-0.2, -0.15) is 8.42 Å². The number of phenolic OH excluding ortho intramolecular Hbond substituents is 1. The molecule has 0 bridgehead atoms. The molecule has 0 heterocycles. The zero-order chi connectivity index (χ0) is 15.5. The highest BCUT2D eigenvalue weighted by atomic mass is 32.2. The predicted molar refractivity (Wildman–Crippen MR) is 82.0 cm³/mol. The lowest BCUT2D eigenvalue weighted by Crippen LogP contribution is -2.04. The van der Waals surface area contributed by atoms with Crippen molar-refractivity contribution in [3.05, 3.63) is 48.0 Å². The smallest absolute Gasteiger partial charge is 0.298 e. The first kappa shape index (κ1) is 15.5. The van der Waals surface area contributed by atoms with Gasteiger partial charge in [-0.1, -0.05) is 49.7 Å². The standard InChI is InChI=1S/C16H18O4S/c1-2-3-7-13-10-11-14(17)16(21(18,19)20)15(13)12-8-5-4-6-9-12/h4-6,8-11,17H,2-3,7H2,1H3,(H,18,19,20). The van der Waals surface area contributed by atoms with Crippen molar-refractivity contribution in [1.29, 1.82) is 0 Å². The molecule has 0 atom stereocenters. The van der Waals surface area contributed by atoms with Crippen LogP contribution in [0.25, 0.3) is 11.1 Å². The summed E-state index contributed by atoms with van der Waals surface area (Å²) in [4.78, 5) is -0.415. The van der Waals surface area contributed by atoms with Crippen molar-refractivity contribution in [2.24, 2.45) is 0 Å². The molecule has 0 fully saturated rings. The molecule has 0 aromatic heterocycles. The van der Waals surface area contributed by atoms with E-state index in [2.05, 4.69) is 0 Å². The molecular formula is C16H18O4S. The average molecular weight is 306 g/mol. The number of hydrogen-bond acceptors (Lipinski definition) is 3. The van der Waals surface area contributed by atoms with Gasteiger partial charge in [-0.25, -0.2) is 0 Å². The minimum Gasteiger partial charge on any atom is -0.506 e. The Morgan fingerprint density at radius 1 is 1.05 bits per heavy atom. The lowest BCUT2D eigenvalue weighted by Gasteiger charge is -2.15. The Hall–Kier alpha value is -1.85. The molecule has 0 unspecified atom stereocenters. The van der Waals surface area contributed by atoms with E-state index in [0.717, 1.165) is 18.4 Å². The minimum atomic E-state index is -4.51. The molecule has 5 heteroatoms. The monoisotopic (exact) mass is 306 g/mol. The fourth-order valence-corrected chi connectivity index (χ4v) is 3.21. The van der Waals surface area contributed by atoms with Crippen LogP contribution in [0.3, 0.4) is 0 Å². The van der Waals surface area contributed by atoms with E-state index in [1.807, 2.05) is 13.0 Å². The molecule has 0 spiro atoms. The first-order chi connectivity index (χ1) is 9.95. The molecule has 0 amide bonds. The molecule has 4 nitrogen and oxygen atoms in total. The predicted octanol–water partition coefficient (Wildman–Crippen LogP) is 3.65. The van der Waals surface area contributed by atoms with Crippen LogP contribution in [-0.2, 0) is 16.5 Å². The summed E-state index contributed by atoms with van der Waals surface area (Å²) in [5.41, 5.74) is 1.84. The van der Waals surface area contributed by atoms with E-state index in [4.69, 9.17) is 0 Å². The molecule has 2 aromatic rings. The third-order valence-corrected chi connectivity index (χ3v) is 4.27. The Morgan fingerprint density at radius 3 is 2.29 bits per heavy atom. The second-order valence-corrected chi connectivity index (χ2v) is 6.25. The van der Waals surface area contributed by atoms with Gasteiger partial charge >= 0.3 is 0 Å². The lowest BCUT2D eigenvalue weighted by atomic mass is 9.96. The lowest BCUT2D eigenvalue weighted by molar-refractivity contribution is 0.443. The van der Waals surface area contributed by atoms with Crippen LogP contribution in [0.1, 0.15) is 25.3 Å². The molecule has 2 N–H and O–H groups in total. The molecule has 21 heavy (non-hydrogen) atoms. The third kappa shape index (κ3) is 3.43. The van der Waals surface area contributed by atoms with Crippen molar-refractivity contribution in [2.75, 3.05) is 0 Å². The SMILES string of the molecule is CCCCc1ccc(O)c(S(=O)(=O)O)c1-c1ccccc1. The molecule has 0 aliphatic heterocycles. The largest absolute Gasteiger partial charge is 0.506 e. The number of unbranched alkanes of at least 4 members (excludes halogenated alkanes) is 1. The van der Waals surface area contributed by atoms with Crippen LogP contribution in [0.2, 0.25) is 0 Å². The first-order valence-corrected chi connectivity index (χ1v) is 8.27. The number of rotatable bonds is 5. The fourth-order valence-electron chi connectivity index (χ4n) is 2.37.